The molecule has 6 nitrogen and oxygen atoms in total. The third-order valence-corrected chi connectivity index (χ3v) is 3.90. The second-order valence-electron chi connectivity index (χ2n) is 5.54. The number of rotatable bonds is 4. The van der Waals surface area contributed by atoms with Crippen molar-refractivity contribution in [3.05, 3.63) is 47.5 Å². The normalized spacial score (nSPS) is 16.9. The number of aryl methyl sites for hydroxylation is 1. The fourth-order valence-electron chi connectivity index (χ4n) is 2.81. The number of nitrogens with one attached hydrogen (secondary N) is 2. The maximum atomic E-state index is 11.7. The van der Waals surface area contributed by atoms with Gasteiger partial charge in [0.1, 0.15) is 11.6 Å². The van der Waals surface area contributed by atoms with Gasteiger partial charge in [-0.25, -0.2) is 4.79 Å². The molecule has 1 atom stereocenters. The lowest BCUT2D eigenvalue weighted by atomic mass is 10.1. The minimum absolute atomic E-state index is 0.103. The van der Waals surface area contributed by atoms with Crippen LogP contribution < -0.4 is 10.6 Å². The molecule has 0 saturated heterocycles. The first kappa shape index (κ1) is 14.6. The molecule has 0 fully saturated rings. The molecule has 0 radical (unpaired) electrons. The topological polar surface area (TPSA) is 71.8 Å². The summed E-state index contributed by atoms with van der Waals surface area (Å²) < 4.78 is 2.15. The van der Waals surface area contributed by atoms with Gasteiger partial charge >= 0.3 is 6.03 Å². The molecule has 0 bridgehead atoms. The largest absolute Gasteiger partial charge is 0.338 e. The van der Waals surface area contributed by atoms with Gasteiger partial charge in [0, 0.05) is 32.0 Å². The molecule has 2 N–H and O–H groups in total. The molecule has 0 spiro atoms. The van der Waals surface area contributed by atoms with E-state index in [4.69, 9.17) is 0 Å². The van der Waals surface area contributed by atoms with Crippen molar-refractivity contribution in [2.24, 2.45) is 0 Å². The zero-order valence-electron chi connectivity index (χ0n) is 12.7. The second kappa shape index (κ2) is 6.60. The van der Waals surface area contributed by atoms with Crippen LogP contribution in [-0.4, -0.2) is 33.4 Å². The van der Waals surface area contributed by atoms with Crippen molar-refractivity contribution in [3.63, 3.8) is 0 Å². The summed E-state index contributed by atoms with van der Waals surface area (Å²) >= 11 is 0. The molecule has 2 amide bonds. The molecule has 1 unspecified atom stereocenters. The summed E-state index contributed by atoms with van der Waals surface area (Å²) in [6.45, 7) is 3.29. The monoisotopic (exact) mass is 299 g/mol. The Hall–Kier alpha value is -2.37. The Labute approximate surface area is 129 Å². The maximum Gasteiger partial charge on any atom is 0.315 e. The summed E-state index contributed by atoms with van der Waals surface area (Å²) in [6.07, 6.45) is 2.52. The molecule has 0 aliphatic carbocycles. The Kier molecular flexibility index (Phi) is 4.37. The first-order chi connectivity index (χ1) is 10.8. The molecule has 6 heteroatoms. The van der Waals surface area contributed by atoms with E-state index in [1.807, 2.05) is 25.1 Å². The Morgan fingerprint density at radius 1 is 1.32 bits per heavy atom. The van der Waals surface area contributed by atoms with Gasteiger partial charge in [0.25, 0.3) is 0 Å². The predicted molar refractivity (Wildman–Crippen MR) is 83.6 cm³/mol. The highest BCUT2D eigenvalue weighted by molar-refractivity contribution is 5.74. The van der Waals surface area contributed by atoms with E-state index in [1.165, 1.54) is 5.56 Å². The summed E-state index contributed by atoms with van der Waals surface area (Å²) in [6, 6.07) is 10.3. The molecular formula is C16H21N5O. The van der Waals surface area contributed by atoms with Gasteiger partial charge < -0.3 is 15.2 Å². The molecule has 0 saturated carbocycles. The van der Waals surface area contributed by atoms with E-state index < -0.39 is 0 Å². The van der Waals surface area contributed by atoms with Crippen LogP contribution >= 0.6 is 0 Å². The van der Waals surface area contributed by atoms with Crippen molar-refractivity contribution in [1.29, 1.82) is 0 Å². The van der Waals surface area contributed by atoms with Crippen LogP contribution in [0.25, 0.3) is 0 Å². The zero-order valence-corrected chi connectivity index (χ0v) is 12.7. The number of aromatic nitrogens is 3. The lowest BCUT2D eigenvalue weighted by molar-refractivity contribution is 0.233. The Morgan fingerprint density at radius 3 is 2.91 bits per heavy atom. The van der Waals surface area contributed by atoms with Crippen LogP contribution in [0.4, 0.5) is 4.79 Å². The number of amides is 2. The highest BCUT2D eigenvalue weighted by Gasteiger charge is 2.23. The first-order valence-electron chi connectivity index (χ1n) is 7.75. The number of hydrogen-bond acceptors (Lipinski definition) is 3. The number of carbonyl (C=O) groups excluding carboxylic acids is 1. The van der Waals surface area contributed by atoms with Crippen molar-refractivity contribution in [3.8, 4) is 0 Å². The van der Waals surface area contributed by atoms with E-state index in [-0.39, 0.29) is 12.1 Å². The minimum atomic E-state index is -0.103. The number of benzene rings is 1. The summed E-state index contributed by atoms with van der Waals surface area (Å²) in [5.74, 6) is 1.98. The average Bonchev–Trinajstić information content (AvgIpc) is 2.91. The molecule has 1 aromatic carbocycles. The Balaban J connectivity index is 1.70. The van der Waals surface area contributed by atoms with Crippen molar-refractivity contribution in [1.82, 2.24) is 25.4 Å². The van der Waals surface area contributed by atoms with Crippen LogP contribution in [0, 0.1) is 0 Å². The molecule has 2 aromatic rings. The predicted octanol–water partition coefficient (Wildman–Crippen LogP) is 1.50. The smallest absolute Gasteiger partial charge is 0.315 e. The third kappa shape index (κ3) is 3.27. The zero-order chi connectivity index (χ0) is 15.4. The fourth-order valence-corrected chi connectivity index (χ4v) is 2.81. The summed E-state index contributed by atoms with van der Waals surface area (Å²) in [5, 5.41) is 14.4. The van der Waals surface area contributed by atoms with Crippen LogP contribution in [0.5, 0.6) is 0 Å². The van der Waals surface area contributed by atoms with Crippen LogP contribution in [0.1, 0.15) is 30.6 Å². The van der Waals surface area contributed by atoms with E-state index in [0.29, 0.717) is 6.54 Å². The van der Waals surface area contributed by atoms with Gasteiger partial charge in [0.2, 0.25) is 0 Å². The summed E-state index contributed by atoms with van der Waals surface area (Å²) in [5.41, 5.74) is 1.22. The summed E-state index contributed by atoms with van der Waals surface area (Å²) in [7, 11) is 0. The van der Waals surface area contributed by atoms with Crippen molar-refractivity contribution in [2.75, 3.05) is 6.54 Å². The van der Waals surface area contributed by atoms with Crippen molar-refractivity contribution < 1.29 is 4.79 Å². The molecule has 1 aliphatic rings. The second-order valence-corrected chi connectivity index (χ2v) is 5.54. The van der Waals surface area contributed by atoms with E-state index in [1.54, 1.807) is 0 Å². The van der Waals surface area contributed by atoms with E-state index in [0.717, 1.165) is 37.5 Å². The number of nitrogens with zero attached hydrogens (tertiary/aromatic N) is 3. The van der Waals surface area contributed by atoms with Crippen molar-refractivity contribution >= 4 is 6.03 Å². The van der Waals surface area contributed by atoms with Gasteiger partial charge in [-0.1, -0.05) is 30.3 Å². The molecule has 2 heterocycles. The number of carbonyl (C=O) groups is 1. The highest BCUT2D eigenvalue weighted by Crippen LogP contribution is 2.17. The van der Waals surface area contributed by atoms with Gasteiger partial charge in [-0.3, -0.25) is 0 Å². The number of fused-ring (bicyclic) bond motifs is 1. The maximum absolute atomic E-state index is 11.7. The first-order valence-corrected chi connectivity index (χ1v) is 7.75. The standard InChI is InChI=1S/C16H21N5O/c1-2-17-16(22)18-13-8-9-14-19-20-15(21(14)11-13)10-12-6-4-3-5-7-12/h3-7,13H,2,8-11H2,1H3,(H2,17,18,22). The molecular weight excluding hydrogens is 278 g/mol. The SMILES string of the molecule is CCNC(=O)NC1CCc2nnc(Cc3ccccc3)n2C1. The van der Waals surface area contributed by atoms with Gasteiger partial charge in [-0.2, -0.15) is 0 Å². The van der Waals surface area contributed by atoms with E-state index in [2.05, 4.69) is 37.5 Å². The molecule has 3 rings (SSSR count). The van der Waals surface area contributed by atoms with Gasteiger partial charge in [0.05, 0.1) is 0 Å². The summed E-state index contributed by atoms with van der Waals surface area (Å²) in [4.78, 5) is 11.7. The fraction of sp³-hybridized carbons (Fsp3) is 0.438. The molecule has 22 heavy (non-hydrogen) atoms. The van der Waals surface area contributed by atoms with Gasteiger partial charge in [0.15, 0.2) is 0 Å². The van der Waals surface area contributed by atoms with E-state index in [9.17, 15) is 4.79 Å². The third-order valence-electron chi connectivity index (χ3n) is 3.90. The highest BCUT2D eigenvalue weighted by atomic mass is 16.2. The van der Waals surface area contributed by atoms with Crippen molar-refractivity contribution in [2.45, 2.75) is 38.8 Å². The van der Waals surface area contributed by atoms with Crippen LogP contribution in [-0.2, 0) is 19.4 Å². The Bertz CT molecular complexity index is 637. The van der Waals surface area contributed by atoms with Crippen LogP contribution in [0.15, 0.2) is 30.3 Å². The lowest BCUT2D eigenvalue weighted by Gasteiger charge is -2.25. The molecule has 116 valence electrons. The lowest BCUT2D eigenvalue weighted by Crippen LogP contribution is -2.46. The number of hydrogen-bond donors (Lipinski definition) is 2. The quantitative estimate of drug-likeness (QED) is 0.899. The van der Waals surface area contributed by atoms with E-state index >= 15 is 0 Å². The van der Waals surface area contributed by atoms with Crippen LogP contribution in [0.2, 0.25) is 0 Å². The minimum Gasteiger partial charge on any atom is -0.338 e. The van der Waals surface area contributed by atoms with Gasteiger partial charge in [-0.15, -0.1) is 10.2 Å². The Morgan fingerprint density at radius 2 is 2.14 bits per heavy atom. The number of urea groups is 1. The molecule has 1 aromatic heterocycles. The molecule has 1 aliphatic heterocycles. The average molecular weight is 299 g/mol. The van der Waals surface area contributed by atoms with Gasteiger partial charge in [-0.05, 0) is 18.9 Å². The van der Waals surface area contributed by atoms with Crippen LogP contribution in [0.3, 0.4) is 0 Å².